The van der Waals surface area contributed by atoms with Crippen molar-refractivity contribution in [3.05, 3.63) is 29.3 Å². The van der Waals surface area contributed by atoms with E-state index in [1.165, 1.54) is 11.8 Å². The lowest BCUT2D eigenvalue weighted by Crippen LogP contribution is -2.45. The second kappa shape index (κ2) is 5.44. The quantitative estimate of drug-likeness (QED) is 0.836. The minimum atomic E-state index is -4.39. The highest BCUT2D eigenvalue weighted by Gasteiger charge is 2.34. The third-order valence-corrected chi connectivity index (χ3v) is 3.23. The number of hydrogen-bond acceptors (Lipinski definition) is 2. The molecule has 0 aromatic heterocycles. The zero-order chi connectivity index (χ0) is 14.9. The van der Waals surface area contributed by atoms with E-state index in [0.29, 0.717) is 18.5 Å². The predicted molar refractivity (Wildman–Crippen MR) is 68.5 cm³/mol. The molecule has 0 radical (unpaired) electrons. The van der Waals surface area contributed by atoms with Gasteiger partial charge in [-0.2, -0.15) is 13.2 Å². The van der Waals surface area contributed by atoms with Gasteiger partial charge in [-0.1, -0.05) is 12.1 Å². The number of benzene rings is 1. The Morgan fingerprint density at radius 2 is 2.15 bits per heavy atom. The number of halogens is 3. The number of aryl methyl sites for hydroxylation is 2. The molecule has 20 heavy (non-hydrogen) atoms. The van der Waals surface area contributed by atoms with Crippen LogP contribution in [0.25, 0.3) is 0 Å². The zero-order valence-corrected chi connectivity index (χ0v) is 11.3. The molecule has 1 heterocycles. The zero-order valence-electron chi connectivity index (χ0n) is 11.3. The Balaban J connectivity index is 2.26. The SMILES string of the molecule is CC(=O)N1c2cc(C)ccc2CCC1OCC(F)(F)F. The van der Waals surface area contributed by atoms with E-state index in [1.807, 2.05) is 19.1 Å². The number of ether oxygens (including phenoxy) is 1. The molecule has 0 saturated heterocycles. The fraction of sp³-hybridized carbons (Fsp3) is 0.500. The van der Waals surface area contributed by atoms with Crippen molar-refractivity contribution in [1.29, 1.82) is 0 Å². The first-order chi connectivity index (χ1) is 9.28. The van der Waals surface area contributed by atoms with Gasteiger partial charge < -0.3 is 4.74 Å². The normalized spacial score (nSPS) is 18.9. The number of anilines is 1. The van der Waals surface area contributed by atoms with Crippen molar-refractivity contribution < 1.29 is 22.7 Å². The van der Waals surface area contributed by atoms with Crippen LogP contribution in [-0.4, -0.2) is 24.9 Å². The Hall–Kier alpha value is -1.56. The van der Waals surface area contributed by atoms with Gasteiger partial charge in [0.25, 0.3) is 0 Å². The molecule has 3 nitrogen and oxygen atoms in total. The van der Waals surface area contributed by atoms with Crippen LogP contribution in [0.5, 0.6) is 0 Å². The van der Waals surface area contributed by atoms with Crippen LogP contribution in [0.4, 0.5) is 18.9 Å². The number of rotatable bonds is 2. The van der Waals surface area contributed by atoms with Gasteiger partial charge in [0.1, 0.15) is 12.8 Å². The molecule has 1 aliphatic rings. The molecule has 110 valence electrons. The molecule has 2 rings (SSSR count). The van der Waals surface area contributed by atoms with Gasteiger partial charge in [-0.3, -0.25) is 9.69 Å². The summed E-state index contributed by atoms with van der Waals surface area (Å²) >= 11 is 0. The van der Waals surface area contributed by atoms with Crippen molar-refractivity contribution >= 4 is 11.6 Å². The molecule has 0 spiro atoms. The lowest BCUT2D eigenvalue weighted by Gasteiger charge is -2.36. The van der Waals surface area contributed by atoms with Crippen LogP contribution in [0.2, 0.25) is 0 Å². The summed E-state index contributed by atoms with van der Waals surface area (Å²) in [5, 5.41) is 0. The van der Waals surface area contributed by atoms with Crippen LogP contribution in [0.1, 0.15) is 24.5 Å². The van der Waals surface area contributed by atoms with E-state index in [0.717, 1.165) is 11.1 Å². The average Bonchev–Trinajstić information content (AvgIpc) is 2.33. The molecule has 0 aliphatic carbocycles. The molecule has 1 aromatic rings. The van der Waals surface area contributed by atoms with Crippen LogP contribution in [0, 0.1) is 6.92 Å². The van der Waals surface area contributed by atoms with E-state index in [-0.39, 0.29) is 5.91 Å². The minimum absolute atomic E-state index is 0.316. The third-order valence-electron chi connectivity index (χ3n) is 3.23. The number of amides is 1. The number of alkyl halides is 3. The van der Waals surface area contributed by atoms with Gasteiger partial charge in [0, 0.05) is 12.6 Å². The molecular formula is C14H16F3NO2. The summed E-state index contributed by atoms with van der Waals surface area (Å²) in [5.74, 6) is -0.316. The molecule has 1 atom stereocenters. The van der Waals surface area contributed by atoms with E-state index >= 15 is 0 Å². The van der Waals surface area contributed by atoms with Gasteiger partial charge in [-0.05, 0) is 37.0 Å². The molecule has 1 amide bonds. The third kappa shape index (κ3) is 3.30. The fourth-order valence-electron chi connectivity index (χ4n) is 2.39. The highest BCUT2D eigenvalue weighted by Crippen LogP contribution is 2.33. The largest absolute Gasteiger partial charge is 0.411 e. The van der Waals surface area contributed by atoms with Gasteiger partial charge in [-0.25, -0.2) is 0 Å². The van der Waals surface area contributed by atoms with Gasteiger partial charge >= 0.3 is 6.18 Å². The Morgan fingerprint density at radius 3 is 2.75 bits per heavy atom. The summed E-state index contributed by atoms with van der Waals surface area (Å²) in [5.41, 5.74) is 2.56. The van der Waals surface area contributed by atoms with Gasteiger partial charge in [0.15, 0.2) is 0 Å². The van der Waals surface area contributed by atoms with Crippen molar-refractivity contribution in [3.63, 3.8) is 0 Å². The Labute approximate surface area is 115 Å². The first kappa shape index (κ1) is 14.8. The number of fused-ring (bicyclic) bond motifs is 1. The van der Waals surface area contributed by atoms with E-state index in [1.54, 1.807) is 6.07 Å². The predicted octanol–water partition coefficient (Wildman–Crippen LogP) is 3.20. The molecule has 0 fully saturated rings. The van der Waals surface area contributed by atoms with Crippen LogP contribution in [0.3, 0.4) is 0 Å². The Morgan fingerprint density at radius 1 is 1.45 bits per heavy atom. The Kier molecular flexibility index (Phi) is 4.04. The van der Waals surface area contributed by atoms with Crippen LogP contribution < -0.4 is 4.90 Å². The number of hydrogen-bond donors (Lipinski definition) is 0. The highest BCUT2D eigenvalue weighted by atomic mass is 19.4. The monoisotopic (exact) mass is 287 g/mol. The standard InChI is InChI=1S/C14H16F3NO2/c1-9-3-4-11-5-6-13(20-8-14(15,16)17)18(10(2)19)12(11)7-9/h3-4,7,13H,5-6,8H2,1-2H3. The molecule has 1 unspecified atom stereocenters. The molecule has 0 N–H and O–H groups in total. The average molecular weight is 287 g/mol. The van der Waals surface area contributed by atoms with Crippen molar-refractivity contribution in [2.24, 2.45) is 0 Å². The maximum absolute atomic E-state index is 12.3. The highest BCUT2D eigenvalue weighted by molar-refractivity contribution is 5.93. The summed E-state index contributed by atoms with van der Waals surface area (Å²) in [6, 6.07) is 5.63. The first-order valence-electron chi connectivity index (χ1n) is 6.35. The van der Waals surface area contributed by atoms with E-state index in [2.05, 4.69) is 0 Å². The lowest BCUT2D eigenvalue weighted by atomic mass is 9.98. The molecular weight excluding hydrogens is 271 g/mol. The van der Waals surface area contributed by atoms with Gasteiger partial charge in [0.2, 0.25) is 5.91 Å². The summed E-state index contributed by atoms with van der Waals surface area (Å²) in [6.45, 7) is 1.86. The summed E-state index contributed by atoms with van der Waals surface area (Å²) in [6.07, 6.45) is -4.29. The molecule has 1 aliphatic heterocycles. The van der Waals surface area contributed by atoms with Crippen molar-refractivity contribution in [2.75, 3.05) is 11.5 Å². The lowest BCUT2D eigenvalue weighted by molar-refractivity contribution is -0.186. The topological polar surface area (TPSA) is 29.5 Å². The second-order valence-electron chi connectivity index (χ2n) is 4.94. The fourth-order valence-corrected chi connectivity index (χ4v) is 2.39. The van der Waals surface area contributed by atoms with E-state index < -0.39 is 19.0 Å². The summed E-state index contributed by atoms with van der Waals surface area (Å²) < 4.78 is 41.7. The summed E-state index contributed by atoms with van der Waals surface area (Å²) in [4.78, 5) is 13.1. The smallest absolute Gasteiger partial charge is 0.348 e. The maximum atomic E-state index is 12.3. The second-order valence-corrected chi connectivity index (χ2v) is 4.94. The minimum Gasteiger partial charge on any atom is -0.348 e. The van der Waals surface area contributed by atoms with Crippen LogP contribution in [0.15, 0.2) is 18.2 Å². The number of carbonyl (C=O) groups is 1. The number of carbonyl (C=O) groups excluding carboxylic acids is 1. The van der Waals surface area contributed by atoms with E-state index in [9.17, 15) is 18.0 Å². The molecule has 0 saturated carbocycles. The molecule has 0 bridgehead atoms. The van der Waals surface area contributed by atoms with Gasteiger partial charge in [0.05, 0.1) is 0 Å². The molecule has 6 heteroatoms. The van der Waals surface area contributed by atoms with E-state index in [4.69, 9.17) is 4.74 Å². The number of nitrogens with zero attached hydrogens (tertiary/aromatic N) is 1. The van der Waals surface area contributed by atoms with Crippen molar-refractivity contribution in [1.82, 2.24) is 0 Å². The van der Waals surface area contributed by atoms with Crippen LogP contribution in [-0.2, 0) is 16.0 Å². The summed E-state index contributed by atoms with van der Waals surface area (Å²) in [7, 11) is 0. The van der Waals surface area contributed by atoms with Crippen molar-refractivity contribution in [3.8, 4) is 0 Å². The Bertz CT molecular complexity index is 514. The first-order valence-corrected chi connectivity index (χ1v) is 6.35. The van der Waals surface area contributed by atoms with Crippen LogP contribution >= 0.6 is 0 Å². The maximum Gasteiger partial charge on any atom is 0.411 e. The van der Waals surface area contributed by atoms with Gasteiger partial charge in [-0.15, -0.1) is 0 Å². The van der Waals surface area contributed by atoms with Crippen molar-refractivity contribution in [2.45, 2.75) is 39.1 Å². The molecule has 1 aromatic carbocycles.